The van der Waals surface area contributed by atoms with Gasteiger partial charge < -0.3 is 21.7 Å². The minimum absolute atomic E-state index is 0.136. The third-order valence-corrected chi connectivity index (χ3v) is 3.86. The smallest absolute Gasteiger partial charge is 0.355 e. The first kappa shape index (κ1) is 20.1. The second-order valence-electron chi connectivity index (χ2n) is 5.93. The van der Waals surface area contributed by atoms with E-state index >= 15 is 0 Å². The summed E-state index contributed by atoms with van der Waals surface area (Å²) in [4.78, 5) is 37.2. The van der Waals surface area contributed by atoms with Crippen molar-refractivity contribution in [1.82, 2.24) is 19.9 Å². The van der Waals surface area contributed by atoms with E-state index in [1.165, 1.54) is 6.07 Å². The van der Waals surface area contributed by atoms with Crippen molar-refractivity contribution in [2.75, 3.05) is 11.5 Å². The molecule has 0 aliphatic carbocycles. The Balaban J connectivity index is 0.000000172. The Morgan fingerprint density at radius 1 is 0.733 bits per heavy atom. The van der Waals surface area contributed by atoms with Crippen LogP contribution < -0.4 is 11.5 Å². The Kier molecular flexibility index (Phi) is 5.78. The largest absolute Gasteiger partial charge is 0.478 e. The highest BCUT2D eigenvalue weighted by atomic mass is 16.4. The first-order valence-electron chi connectivity index (χ1n) is 8.54. The molecule has 30 heavy (non-hydrogen) atoms. The molecule has 2 aromatic carbocycles. The number of hydrogen-bond acceptors (Lipinski definition) is 8. The molecule has 0 bridgehead atoms. The van der Waals surface area contributed by atoms with Crippen molar-refractivity contribution in [2.45, 2.75) is 0 Å². The first-order chi connectivity index (χ1) is 14.3. The van der Waals surface area contributed by atoms with Crippen LogP contribution in [0.4, 0.5) is 11.9 Å². The topological polar surface area (TPSA) is 178 Å². The van der Waals surface area contributed by atoms with Gasteiger partial charge in [0.05, 0.1) is 11.1 Å². The van der Waals surface area contributed by atoms with Crippen LogP contribution in [0.2, 0.25) is 0 Å². The van der Waals surface area contributed by atoms with Crippen LogP contribution in [0.15, 0.2) is 60.7 Å². The lowest BCUT2D eigenvalue weighted by atomic mass is 10.1. The minimum Gasteiger partial charge on any atom is -0.478 e. The van der Waals surface area contributed by atoms with Crippen molar-refractivity contribution >= 4 is 34.7 Å². The van der Waals surface area contributed by atoms with E-state index in [9.17, 15) is 9.59 Å². The molecule has 0 spiro atoms. The maximum Gasteiger partial charge on any atom is 0.355 e. The van der Waals surface area contributed by atoms with Crippen LogP contribution in [0.5, 0.6) is 0 Å². The number of nitrogen functional groups attached to an aromatic ring is 2. The van der Waals surface area contributed by atoms with Crippen molar-refractivity contribution in [3.8, 4) is 11.4 Å². The summed E-state index contributed by atoms with van der Waals surface area (Å²) < 4.78 is 0. The zero-order chi connectivity index (χ0) is 21.7. The molecule has 0 saturated heterocycles. The maximum absolute atomic E-state index is 10.9. The molecule has 4 rings (SSSR count). The van der Waals surface area contributed by atoms with E-state index in [-0.39, 0.29) is 17.5 Å². The van der Waals surface area contributed by atoms with Gasteiger partial charge in [0, 0.05) is 10.9 Å². The Bertz CT molecular complexity index is 1160. The fourth-order valence-corrected chi connectivity index (χ4v) is 2.57. The van der Waals surface area contributed by atoms with E-state index < -0.39 is 17.6 Å². The van der Waals surface area contributed by atoms with Gasteiger partial charge in [0.25, 0.3) is 0 Å². The summed E-state index contributed by atoms with van der Waals surface area (Å²) in [6, 6.07) is 17.5. The van der Waals surface area contributed by atoms with Crippen molar-refractivity contribution < 1.29 is 19.8 Å². The normalized spacial score (nSPS) is 10.1. The summed E-state index contributed by atoms with van der Waals surface area (Å²) in [6.07, 6.45) is 0. The Morgan fingerprint density at radius 3 is 1.93 bits per heavy atom. The van der Waals surface area contributed by atoms with Gasteiger partial charge in [-0.3, -0.25) is 0 Å². The fourth-order valence-electron chi connectivity index (χ4n) is 2.57. The zero-order valence-electron chi connectivity index (χ0n) is 15.4. The number of rotatable bonds is 3. The van der Waals surface area contributed by atoms with Gasteiger partial charge >= 0.3 is 11.9 Å². The number of aromatic carboxylic acids is 2. The number of benzene rings is 2. The van der Waals surface area contributed by atoms with Crippen LogP contribution in [-0.2, 0) is 0 Å². The van der Waals surface area contributed by atoms with Gasteiger partial charge in [-0.1, -0.05) is 48.5 Å². The molecule has 4 aromatic rings. The summed E-state index contributed by atoms with van der Waals surface area (Å²) >= 11 is 0. The molecule has 0 aliphatic heterocycles. The minimum atomic E-state index is -1.34. The molecule has 0 saturated carbocycles. The van der Waals surface area contributed by atoms with Crippen LogP contribution in [-0.4, -0.2) is 42.1 Å². The van der Waals surface area contributed by atoms with Gasteiger partial charge in [-0.15, -0.1) is 0 Å². The first-order valence-corrected chi connectivity index (χ1v) is 8.54. The zero-order valence-corrected chi connectivity index (χ0v) is 15.4. The molecular formula is C20H16N6O4. The van der Waals surface area contributed by atoms with Crippen LogP contribution in [0.3, 0.4) is 0 Å². The Hall–Kier alpha value is -4.60. The molecule has 0 amide bonds. The van der Waals surface area contributed by atoms with Gasteiger partial charge in [0.15, 0.2) is 11.5 Å². The molecule has 0 aliphatic rings. The average Bonchev–Trinajstić information content (AvgIpc) is 2.73. The van der Waals surface area contributed by atoms with Crippen molar-refractivity contribution in [1.29, 1.82) is 0 Å². The molecule has 6 N–H and O–H groups in total. The number of hydrogen-bond donors (Lipinski definition) is 4. The third kappa shape index (κ3) is 4.62. The monoisotopic (exact) mass is 404 g/mol. The van der Waals surface area contributed by atoms with Crippen LogP contribution in [0, 0.1) is 0 Å². The van der Waals surface area contributed by atoms with Gasteiger partial charge in [-0.2, -0.15) is 15.0 Å². The van der Waals surface area contributed by atoms with Crippen molar-refractivity contribution in [3.05, 3.63) is 71.9 Å². The maximum atomic E-state index is 10.9. The molecule has 0 radical (unpaired) electrons. The molecule has 10 nitrogen and oxygen atoms in total. The number of para-hydroxylation sites is 1. The quantitative estimate of drug-likeness (QED) is 0.396. The second kappa shape index (κ2) is 8.61. The SMILES string of the molecule is Nc1nc(N)nc(-c2ccccc2)n1.O=C(O)c1cc2ccccc2nc1C(=O)O. The number of nitrogens with two attached hydrogens (primary N) is 2. The summed E-state index contributed by atoms with van der Waals surface area (Å²) in [5, 5.41) is 18.3. The van der Waals surface area contributed by atoms with E-state index in [0.29, 0.717) is 16.7 Å². The Morgan fingerprint density at radius 2 is 1.33 bits per heavy atom. The Labute approximate surface area is 169 Å². The average molecular weight is 404 g/mol. The van der Waals surface area contributed by atoms with Gasteiger partial charge in [-0.05, 0) is 12.1 Å². The van der Waals surface area contributed by atoms with Crippen LogP contribution in [0.25, 0.3) is 22.3 Å². The van der Waals surface area contributed by atoms with Gasteiger partial charge in [0.1, 0.15) is 0 Å². The van der Waals surface area contributed by atoms with Crippen LogP contribution in [0.1, 0.15) is 20.8 Å². The summed E-state index contributed by atoms with van der Waals surface area (Å²) in [5.74, 6) is -1.87. The number of pyridine rings is 1. The van der Waals surface area contributed by atoms with Gasteiger partial charge in [0.2, 0.25) is 11.9 Å². The van der Waals surface area contributed by atoms with Crippen molar-refractivity contribution in [2.24, 2.45) is 0 Å². The molecular weight excluding hydrogens is 388 g/mol. The van der Waals surface area contributed by atoms with Gasteiger partial charge in [-0.25, -0.2) is 14.6 Å². The standard InChI is InChI=1S/C11H7NO4.C9H9N5/c13-10(14)7-5-6-3-1-2-4-8(6)12-9(7)11(15)16;10-8-12-7(13-9(11)14-8)6-4-2-1-3-5-6/h1-5H,(H,13,14)(H,15,16);1-5H,(H4,10,11,12,13,14). The van der Waals surface area contributed by atoms with Crippen molar-refractivity contribution in [3.63, 3.8) is 0 Å². The third-order valence-electron chi connectivity index (χ3n) is 3.86. The number of nitrogens with zero attached hydrogens (tertiary/aromatic N) is 4. The second-order valence-corrected chi connectivity index (χ2v) is 5.93. The summed E-state index contributed by atoms with van der Waals surface area (Å²) in [5.41, 5.74) is 11.5. The van der Waals surface area contributed by atoms with Crippen LogP contribution >= 0.6 is 0 Å². The van der Waals surface area contributed by atoms with E-state index in [0.717, 1.165) is 5.56 Å². The predicted octanol–water partition coefficient (Wildman–Crippen LogP) is 2.33. The summed E-state index contributed by atoms with van der Waals surface area (Å²) in [6.45, 7) is 0. The molecule has 10 heteroatoms. The molecule has 150 valence electrons. The molecule has 2 aromatic heterocycles. The van der Waals surface area contributed by atoms with E-state index in [1.54, 1.807) is 24.3 Å². The number of aromatic nitrogens is 4. The lowest BCUT2D eigenvalue weighted by molar-refractivity contribution is 0.0647. The highest BCUT2D eigenvalue weighted by molar-refractivity contribution is 6.03. The number of fused-ring (bicyclic) bond motifs is 1. The number of carbonyl (C=O) groups is 2. The number of anilines is 2. The highest BCUT2D eigenvalue weighted by Crippen LogP contribution is 2.17. The molecule has 0 fully saturated rings. The lowest BCUT2D eigenvalue weighted by Crippen LogP contribution is -2.10. The van der Waals surface area contributed by atoms with E-state index in [2.05, 4.69) is 19.9 Å². The number of carboxylic acids is 2. The molecule has 0 atom stereocenters. The fraction of sp³-hybridized carbons (Fsp3) is 0. The predicted molar refractivity (Wildman–Crippen MR) is 110 cm³/mol. The highest BCUT2D eigenvalue weighted by Gasteiger charge is 2.18. The van der Waals surface area contributed by atoms with E-state index in [1.807, 2.05) is 30.3 Å². The molecule has 0 unspecified atom stereocenters. The molecule has 2 heterocycles. The number of carboxylic acid groups (broad SMARTS) is 2. The summed E-state index contributed by atoms with van der Waals surface area (Å²) in [7, 11) is 0. The lowest BCUT2D eigenvalue weighted by Gasteiger charge is -2.03. The van der Waals surface area contributed by atoms with E-state index in [4.69, 9.17) is 21.7 Å².